The van der Waals surface area contributed by atoms with Crippen molar-refractivity contribution in [1.29, 1.82) is 0 Å². The molecule has 0 bridgehead atoms. The Labute approximate surface area is 53.6 Å². The Morgan fingerprint density at radius 1 is 1.67 bits per heavy atom. The lowest BCUT2D eigenvalue weighted by molar-refractivity contribution is 0.334. The van der Waals surface area contributed by atoms with Gasteiger partial charge in [-0.3, -0.25) is 4.55 Å². The van der Waals surface area contributed by atoms with E-state index < -0.39 is 16.7 Å². The predicted octanol–water partition coefficient (Wildman–Crippen LogP) is -0.230. The van der Waals surface area contributed by atoms with Gasteiger partial charge in [-0.2, -0.15) is 8.42 Å². The lowest BCUT2D eigenvalue weighted by Gasteiger charge is -1.94. The monoisotopic (exact) mass is 152 g/mol. The van der Waals surface area contributed by atoms with Crippen LogP contribution in [0.5, 0.6) is 0 Å². The number of hydrogen-bond acceptors (Lipinski definition) is 3. The normalized spacial score (nSPS) is 13.9. The molecule has 0 aromatic rings. The van der Waals surface area contributed by atoms with Crippen LogP contribution in [0.2, 0.25) is 0 Å². The summed E-state index contributed by atoms with van der Waals surface area (Å²) in [5.41, 5.74) is 0. The lowest BCUT2D eigenvalue weighted by atomic mass is 10.5. The van der Waals surface area contributed by atoms with Crippen LogP contribution < -0.4 is 0 Å². The summed E-state index contributed by atoms with van der Waals surface area (Å²) >= 11 is 0. The molecular weight excluding hydrogens is 144 g/mol. The summed E-state index contributed by atoms with van der Waals surface area (Å²) in [6.07, 6.45) is 1.13. The highest BCUT2D eigenvalue weighted by Gasteiger charge is 2.09. The summed E-state index contributed by atoms with van der Waals surface area (Å²) in [7, 11) is -4.15. The average molecular weight is 152 g/mol. The molecular formula is C4H8O4S. The zero-order valence-electron chi connectivity index (χ0n) is 4.90. The third kappa shape index (κ3) is 2.59. The van der Waals surface area contributed by atoms with Crippen LogP contribution in [0.25, 0.3) is 0 Å². The second kappa shape index (κ2) is 2.95. The fourth-order valence-corrected chi connectivity index (χ4v) is 0.783. The van der Waals surface area contributed by atoms with Gasteiger partial charge in [0, 0.05) is 0 Å². The summed E-state index contributed by atoms with van der Waals surface area (Å²) < 4.78 is 28.5. The molecule has 0 aromatic heterocycles. The molecule has 0 rings (SSSR count). The van der Waals surface area contributed by atoms with E-state index in [1.54, 1.807) is 0 Å². The van der Waals surface area contributed by atoms with Crippen molar-refractivity contribution in [2.75, 3.05) is 6.61 Å². The standard InChI is InChI=1S/C4H8O4S/c1-2-4(3-5)9(6,7)8/h2,5H,3H2,1H3,(H,6,7,8). The number of rotatable bonds is 2. The molecule has 0 saturated carbocycles. The molecule has 0 spiro atoms. The highest BCUT2D eigenvalue weighted by Crippen LogP contribution is 2.00. The first kappa shape index (κ1) is 8.61. The van der Waals surface area contributed by atoms with Gasteiger partial charge in [-0.15, -0.1) is 0 Å². The molecule has 4 nitrogen and oxygen atoms in total. The maximum Gasteiger partial charge on any atom is 0.292 e. The predicted molar refractivity (Wildman–Crippen MR) is 32.4 cm³/mol. The Morgan fingerprint density at radius 2 is 2.11 bits per heavy atom. The van der Waals surface area contributed by atoms with Gasteiger partial charge >= 0.3 is 0 Å². The molecule has 9 heavy (non-hydrogen) atoms. The first-order chi connectivity index (χ1) is 4.02. The highest BCUT2D eigenvalue weighted by molar-refractivity contribution is 7.89. The third-order valence-electron chi connectivity index (χ3n) is 0.809. The molecule has 2 N–H and O–H groups in total. The fraction of sp³-hybridized carbons (Fsp3) is 0.500. The van der Waals surface area contributed by atoms with E-state index in [1.807, 2.05) is 0 Å². The Morgan fingerprint density at radius 3 is 2.11 bits per heavy atom. The Balaban J connectivity index is 4.56. The minimum atomic E-state index is -4.15. The molecule has 0 aliphatic rings. The van der Waals surface area contributed by atoms with E-state index in [-0.39, 0.29) is 4.91 Å². The summed E-state index contributed by atoms with van der Waals surface area (Å²) in [4.78, 5) is -0.373. The Hall–Kier alpha value is -0.390. The quantitative estimate of drug-likeness (QED) is 0.536. The molecule has 5 heteroatoms. The molecule has 0 atom stereocenters. The second-order valence-electron chi connectivity index (χ2n) is 1.39. The third-order valence-corrected chi connectivity index (χ3v) is 1.84. The van der Waals surface area contributed by atoms with Crippen LogP contribution in [0.4, 0.5) is 0 Å². The summed E-state index contributed by atoms with van der Waals surface area (Å²) in [5, 5.41) is 8.25. The van der Waals surface area contributed by atoms with Crippen molar-refractivity contribution in [2.45, 2.75) is 6.92 Å². The van der Waals surface area contributed by atoms with E-state index in [1.165, 1.54) is 6.92 Å². The molecule has 0 saturated heterocycles. The van der Waals surface area contributed by atoms with E-state index in [9.17, 15) is 8.42 Å². The van der Waals surface area contributed by atoms with E-state index in [0.717, 1.165) is 6.08 Å². The van der Waals surface area contributed by atoms with Crippen LogP contribution in [0.1, 0.15) is 6.92 Å². The van der Waals surface area contributed by atoms with Crippen molar-refractivity contribution in [1.82, 2.24) is 0 Å². The molecule has 0 fully saturated rings. The Bertz CT molecular complexity index is 201. The molecule has 0 aliphatic carbocycles. The fourth-order valence-electron chi connectivity index (χ4n) is 0.322. The maximum absolute atomic E-state index is 10.1. The maximum atomic E-state index is 10.1. The minimum absolute atomic E-state index is 0.373. The van der Waals surface area contributed by atoms with Gasteiger partial charge in [-0.05, 0) is 6.92 Å². The molecule has 0 aliphatic heterocycles. The van der Waals surface area contributed by atoms with Gasteiger partial charge in [-0.1, -0.05) is 6.08 Å². The Kier molecular flexibility index (Phi) is 2.83. The topological polar surface area (TPSA) is 74.6 Å². The van der Waals surface area contributed by atoms with Crippen molar-refractivity contribution in [3.05, 3.63) is 11.0 Å². The second-order valence-corrected chi connectivity index (χ2v) is 2.86. The van der Waals surface area contributed by atoms with Crippen molar-refractivity contribution in [2.24, 2.45) is 0 Å². The van der Waals surface area contributed by atoms with Gasteiger partial charge in [-0.25, -0.2) is 0 Å². The van der Waals surface area contributed by atoms with Crippen LogP contribution in [0.15, 0.2) is 11.0 Å². The molecule has 54 valence electrons. The smallest absolute Gasteiger partial charge is 0.292 e. The van der Waals surface area contributed by atoms with Crippen molar-refractivity contribution in [3.63, 3.8) is 0 Å². The molecule has 0 heterocycles. The first-order valence-electron chi connectivity index (χ1n) is 2.26. The first-order valence-corrected chi connectivity index (χ1v) is 3.70. The van der Waals surface area contributed by atoms with Gasteiger partial charge in [0.15, 0.2) is 0 Å². The number of aliphatic hydroxyl groups is 1. The largest absolute Gasteiger partial charge is 0.391 e. The zero-order chi connectivity index (χ0) is 7.49. The van der Waals surface area contributed by atoms with Crippen LogP contribution in [-0.2, 0) is 10.1 Å². The van der Waals surface area contributed by atoms with Gasteiger partial charge < -0.3 is 5.11 Å². The van der Waals surface area contributed by atoms with Crippen LogP contribution in [0, 0.1) is 0 Å². The van der Waals surface area contributed by atoms with Crippen molar-refractivity contribution < 1.29 is 18.1 Å². The van der Waals surface area contributed by atoms with Crippen molar-refractivity contribution >= 4 is 10.1 Å². The summed E-state index contributed by atoms with van der Waals surface area (Å²) in [6.45, 7) is 0.759. The molecule has 0 amide bonds. The summed E-state index contributed by atoms with van der Waals surface area (Å²) in [5.74, 6) is 0. The van der Waals surface area contributed by atoms with E-state index in [0.29, 0.717) is 0 Å². The van der Waals surface area contributed by atoms with Crippen LogP contribution in [0.3, 0.4) is 0 Å². The van der Waals surface area contributed by atoms with Gasteiger partial charge in [0.25, 0.3) is 10.1 Å². The van der Waals surface area contributed by atoms with E-state index in [2.05, 4.69) is 0 Å². The minimum Gasteiger partial charge on any atom is -0.391 e. The molecule has 0 aromatic carbocycles. The van der Waals surface area contributed by atoms with Gasteiger partial charge in [0.2, 0.25) is 0 Å². The number of hydrogen-bond donors (Lipinski definition) is 2. The number of allylic oxidation sites excluding steroid dienone is 1. The highest BCUT2D eigenvalue weighted by atomic mass is 32.2. The zero-order valence-corrected chi connectivity index (χ0v) is 5.72. The lowest BCUT2D eigenvalue weighted by Crippen LogP contribution is -2.04. The SMILES string of the molecule is CC=C(CO)S(=O)(=O)O. The average Bonchev–Trinajstić information content (AvgIpc) is 1.65. The van der Waals surface area contributed by atoms with Crippen molar-refractivity contribution in [3.8, 4) is 0 Å². The molecule has 0 unspecified atom stereocenters. The van der Waals surface area contributed by atoms with Gasteiger partial charge in [0.05, 0.1) is 11.5 Å². The van der Waals surface area contributed by atoms with E-state index in [4.69, 9.17) is 9.66 Å². The molecule has 0 radical (unpaired) electrons. The van der Waals surface area contributed by atoms with E-state index >= 15 is 0 Å². The summed E-state index contributed by atoms with van der Waals surface area (Å²) in [6, 6.07) is 0. The van der Waals surface area contributed by atoms with Gasteiger partial charge in [0.1, 0.15) is 0 Å². The van der Waals surface area contributed by atoms with Crippen LogP contribution in [-0.4, -0.2) is 24.7 Å². The van der Waals surface area contributed by atoms with Crippen LogP contribution >= 0.6 is 0 Å². The number of aliphatic hydroxyl groups excluding tert-OH is 1.